The smallest absolute Gasteiger partial charge is 0.0411 e. The highest BCUT2D eigenvalue weighted by molar-refractivity contribution is 5.63. The van der Waals surface area contributed by atoms with Crippen LogP contribution < -0.4 is 15.1 Å². The summed E-state index contributed by atoms with van der Waals surface area (Å²) in [6.07, 6.45) is 0. The molecular formula is C18H31N3. The Bertz CT molecular complexity index is 488. The Hall–Kier alpha value is -1.22. The molecular weight excluding hydrogens is 258 g/mol. The van der Waals surface area contributed by atoms with Crippen LogP contribution in [-0.2, 0) is 0 Å². The Kier molecular flexibility index (Phi) is 4.52. The van der Waals surface area contributed by atoms with Gasteiger partial charge in [-0.25, -0.2) is 0 Å². The highest BCUT2D eigenvalue weighted by atomic mass is 15.2. The molecule has 1 aliphatic rings. The molecule has 1 N–H and O–H groups in total. The van der Waals surface area contributed by atoms with Crippen molar-refractivity contribution in [2.75, 3.05) is 37.0 Å². The van der Waals surface area contributed by atoms with Crippen LogP contribution >= 0.6 is 0 Å². The zero-order valence-electron chi connectivity index (χ0n) is 14.7. The minimum atomic E-state index is 0.285. The van der Waals surface area contributed by atoms with Crippen LogP contribution in [0.5, 0.6) is 0 Å². The first-order valence-electron chi connectivity index (χ1n) is 7.98. The monoisotopic (exact) mass is 289 g/mol. The maximum Gasteiger partial charge on any atom is 0.0411 e. The van der Waals surface area contributed by atoms with E-state index in [4.69, 9.17) is 0 Å². The molecule has 0 radical (unpaired) electrons. The number of hydrogen-bond acceptors (Lipinski definition) is 3. The lowest BCUT2D eigenvalue weighted by molar-refractivity contribution is 0.239. The number of nitrogens with one attached hydrogen (secondary N) is 1. The van der Waals surface area contributed by atoms with Crippen molar-refractivity contribution in [1.29, 1.82) is 0 Å². The van der Waals surface area contributed by atoms with Crippen molar-refractivity contribution < 1.29 is 0 Å². The Morgan fingerprint density at radius 1 is 1.24 bits per heavy atom. The van der Waals surface area contributed by atoms with E-state index in [2.05, 4.69) is 82.0 Å². The lowest BCUT2D eigenvalue weighted by Crippen LogP contribution is -2.59. The van der Waals surface area contributed by atoms with Crippen LogP contribution in [0.3, 0.4) is 0 Å². The summed E-state index contributed by atoms with van der Waals surface area (Å²) in [5.41, 5.74) is 4.27. The van der Waals surface area contributed by atoms with E-state index in [1.165, 1.54) is 16.9 Å². The molecule has 118 valence electrons. The zero-order chi connectivity index (χ0) is 15.8. The molecule has 2 unspecified atom stereocenters. The lowest BCUT2D eigenvalue weighted by atomic mass is 9.84. The molecule has 1 aliphatic heterocycles. The van der Waals surface area contributed by atoms with E-state index in [0.29, 0.717) is 12.1 Å². The van der Waals surface area contributed by atoms with Gasteiger partial charge in [-0.3, -0.25) is 0 Å². The normalized spacial score (nSPS) is 23.3. The van der Waals surface area contributed by atoms with E-state index in [-0.39, 0.29) is 5.41 Å². The summed E-state index contributed by atoms with van der Waals surface area (Å²) in [6, 6.07) is 7.89. The molecule has 2 rings (SSSR count). The number of benzene rings is 1. The van der Waals surface area contributed by atoms with Gasteiger partial charge in [0.1, 0.15) is 0 Å². The van der Waals surface area contributed by atoms with E-state index in [1.54, 1.807) is 0 Å². The molecule has 1 aromatic rings. The number of nitrogens with zero attached hydrogens (tertiary/aromatic N) is 2. The average Bonchev–Trinajstić information content (AvgIpc) is 2.38. The fourth-order valence-electron chi connectivity index (χ4n) is 3.06. The summed E-state index contributed by atoms with van der Waals surface area (Å²) in [5, 5.41) is 3.71. The lowest BCUT2D eigenvalue weighted by Gasteiger charge is -2.45. The Morgan fingerprint density at radius 2 is 1.90 bits per heavy atom. The predicted octanol–water partition coefficient (Wildman–Crippen LogP) is 3.27. The minimum Gasteiger partial charge on any atom is -0.377 e. The standard InChI is InChI=1S/C18H31N3/c1-13-8-9-15(10-16(13)20(6)7)21-12-17(18(3,4)5)19-11-14(21)2/h8-10,14,17,19H,11-12H2,1-7H3. The maximum absolute atomic E-state index is 3.71. The van der Waals surface area contributed by atoms with Gasteiger partial charge in [0.15, 0.2) is 0 Å². The van der Waals surface area contributed by atoms with E-state index < -0.39 is 0 Å². The molecule has 0 amide bonds. The summed E-state index contributed by atoms with van der Waals surface area (Å²) < 4.78 is 0. The van der Waals surface area contributed by atoms with Crippen molar-refractivity contribution in [3.05, 3.63) is 23.8 Å². The molecule has 1 fully saturated rings. The maximum atomic E-state index is 3.71. The van der Waals surface area contributed by atoms with E-state index in [0.717, 1.165) is 13.1 Å². The van der Waals surface area contributed by atoms with Gasteiger partial charge in [-0.2, -0.15) is 0 Å². The van der Waals surface area contributed by atoms with E-state index >= 15 is 0 Å². The molecule has 1 saturated heterocycles. The van der Waals surface area contributed by atoms with Gasteiger partial charge in [0.05, 0.1) is 0 Å². The van der Waals surface area contributed by atoms with Gasteiger partial charge in [-0.1, -0.05) is 26.8 Å². The van der Waals surface area contributed by atoms with Gasteiger partial charge < -0.3 is 15.1 Å². The Labute approximate surface area is 130 Å². The third-order valence-corrected chi connectivity index (χ3v) is 4.62. The van der Waals surface area contributed by atoms with Crippen LogP contribution in [0.25, 0.3) is 0 Å². The third kappa shape index (κ3) is 3.52. The first kappa shape index (κ1) is 16.2. The quantitative estimate of drug-likeness (QED) is 0.901. The van der Waals surface area contributed by atoms with Crippen LogP contribution in [0.1, 0.15) is 33.3 Å². The number of aryl methyl sites for hydroxylation is 1. The topological polar surface area (TPSA) is 18.5 Å². The largest absolute Gasteiger partial charge is 0.377 e. The van der Waals surface area contributed by atoms with E-state index in [1.807, 2.05) is 0 Å². The van der Waals surface area contributed by atoms with Gasteiger partial charge in [-0.05, 0) is 37.0 Å². The van der Waals surface area contributed by atoms with Gasteiger partial charge in [0.2, 0.25) is 0 Å². The van der Waals surface area contributed by atoms with Crippen molar-refractivity contribution in [2.45, 2.75) is 46.7 Å². The number of rotatable bonds is 2. The van der Waals surface area contributed by atoms with Gasteiger partial charge in [0.25, 0.3) is 0 Å². The molecule has 0 bridgehead atoms. The van der Waals surface area contributed by atoms with Crippen LogP contribution in [0.15, 0.2) is 18.2 Å². The molecule has 3 heteroatoms. The molecule has 0 saturated carbocycles. The summed E-state index contributed by atoms with van der Waals surface area (Å²) >= 11 is 0. The van der Waals surface area contributed by atoms with Gasteiger partial charge >= 0.3 is 0 Å². The molecule has 3 nitrogen and oxygen atoms in total. The molecule has 2 atom stereocenters. The molecule has 21 heavy (non-hydrogen) atoms. The molecule has 0 aliphatic carbocycles. The minimum absolute atomic E-state index is 0.285. The second kappa shape index (κ2) is 5.88. The molecule has 0 spiro atoms. The summed E-state index contributed by atoms with van der Waals surface area (Å²) in [6.45, 7) is 13.6. The van der Waals surface area contributed by atoms with Crippen molar-refractivity contribution in [1.82, 2.24) is 5.32 Å². The van der Waals surface area contributed by atoms with Crippen molar-refractivity contribution in [3.63, 3.8) is 0 Å². The van der Waals surface area contributed by atoms with Crippen LogP contribution in [0.2, 0.25) is 0 Å². The van der Waals surface area contributed by atoms with Crippen LogP contribution in [0.4, 0.5) is 11.4 Å². The average molecular weight is 289 g/mol. The van der Waals surface area contributed by atoms with Crippen LogP contribution in [-0.4, -0.2) is 39.3 Å². The van der Waals surface area contributed by atoms with Gasteiger partial charge in [0, 0.05) is 50.6 Å². The van der Waals surface area contributed by atoms with E-state index in [9.17, 15) is 0 Å². The summed E-state index contributed by atoms with van der Waals surface area (Å²) in [7, 11) is 4.23. The number of hydrogen-bond donors (Lipinski definition) is 1. The van der Waals surface area contributed by atoms with Crippen molar-refractivity contribution >= 4 is 11.4 Å². The van der Waals surface area contributed by atoms with Gasteiger partial charge in [-0.15, -0.1) is 0 Å². The SMILES string of the molecule is Cc1ccc(N2CC(C(C)(C)C)NCC2C)cc1N(C)C. The number of anilines is 2. The first-order chi connectivity index (χ1) is 9.70. The second-order valence-corrected chi connectivity index (χ2v) is 7.69. The fraction of sp³-hybridized carbons (Fsp3) is 0.667. The fourth-order valence-corrected chi connectivity index (χ4v) is 3.06. The van der Waals surface area contributed by atoms with Crippen molar-refractivity contribution in [2.24, 2.45) is 5.41 Å². The summed E-state index contributed by atoms with van der Waals surface area (Å²) in [4.78, 5) is 4.76. The highest BCUT2D eigenvalue weighted by Gasteiger charge is 2.32. The molecule has 1 heterocycles. The first-order valence-corrected chi connectivity index (χ1v) is 7.98. The molecule has 1 aromatic carbocycles. The zero-order valence-corrected chi connectivity index (χ0v) is 14.7. The predicted molar refractivity (Wildman–Crippen MR) is 93.6 cm³/mol. The number of piperazine rings is 1. The highest BCUT2D eigenvalue weighted by Crippen LogP contribution is 2.30. The van der Waals surface area contributed by atoms with Crippen LogP contribution in [0, 0.1) is 12.3 Å². The summed E-state index contributed by atoms with van der Waals surface area (Å²) in [5.74, 6) is 0. The molecule has 0 aromatic heterocycles. The third-order valence-electron chi connectivity index (χ3n) is 4.62. The Morgan fingerprint density at radius 3 is 2.48 bits per heavy atom. The second-order valence-electron chi connectivity index (χ2n) is 7.69. The Balaban J connectivity index is 2.29. The van der Waals surface area contributed by atoms with Crippen molar-refractivity contribution in [3.8, 4) is 0 Å².